The molecule has 0 fully saturated rings. The second-order valence-corrected chi connectivity index (χ2v) is 7.18. The van der Waals surface area contributed by atoms with Crippen molar-refractivity contribution < 1.29 is 4.42 Å². The molecule has 0 saturated carbocycles. The third kappa shape index (κ3) is 3.81. The maximum Gasteiger partial charge on any atom is 0.206 e. The van der Waals surface area contributed by atoms with E-state index in [-0.39, 0.29) is 6.04 Å². The zero-order valence-electron chi connectivity index (χ0n) is 12.8. The number of halogens is 1. The summed E-state index contributed by atoms with van der Waals surface area (Å²) in [6.07, 6.45) is 3.53. The van der Waals surface area contributed by atoms with Crippen LogP contribution in [0.1, 0.15) is 19.4 Å². The molecule has 2 heterocycles. The van der Waals surface area contributed by atoms with E-state index >= 15 is 0 Å². The summed E-state index contributed by atoms with van der Waals surface area (Å²) in [5, 5.41) is 6.67. The number of rotatable bonds is 4. The number of furan rings is 1. The van der Waals surface area contributed by atoms with Crippen LogP contribution in [-0.4, -0.2) is 16.9 Å². The second-order valence-electron chi connectivity index (χ2n) is 5.18. The van der Waals surface area contributed by atoms with Gasteiger partial charge in [0, 0.05) is 20.6 Å². The van der Waals surface area contributed by atoms with Crippen LogP contribution in [-0.2, 0) is 0 Å². The van der Waals surface area contributed by atoms with Crippen LogP contribution in [0.4, 0.5) is 0 Å². The summed E-state index contributed by atoms with van der Waals surface area (Å²) in [7, 11) is 0. The molecule has 1 aromatic carbocycles. The summed E-state index contributed by atoms with van der Waals surface area (Å²) >= 11 is 3.87. The minimum Gasteiger partial charge on any atom is -0.463 e. The van der Waals surface area contributed by atoms with Gasteiger partial charge in [0.15, 0.2) is 5.76 Å². The lowest BCUT2D eigenvalue weighted by Crippen LogP contribution is -2.14. The molecular formula is C17H16IN3OS. The van der Waals surface area contributed by atoms with Crippen LogP contribution in [0.5, 0.6) is 0 Å². The maximum atomic E-state index is 5.52. The molecule has 6 heteroatoms. The second kappa shape index (κ2) is 7.27. The molecule has 0 atom stereocenters. The van der Waals surface area contributed by atoms with Crippen LogP contribution in [0, 0.1) is 3.57 Å². The quantitative estimate of drug-likeness (QED) is 0.435. The Labute approximate surface area is 152 Å². The van der Waals surface area contributed by atoms with Crippen LogP contribution < -0.4 is 4.80 Å². The third-order valence-corrected chi connectivity index (χ3v) is 4.86. The fourth-order valence-corrected chi connectivity index (χ4v) is 3.49. The molecule has 23 heavy (non-hydrogen) atoms. The highest BCUT2D eigenvalue weighted by molar-refractivity contribution is 14.1. The van der Waals surface area contributed by atoms with E-state index in [1.165, 1.54) is 0 Å². The van der Waals surface area contributed by atoms with Crippen molar-refractivity contribution in [3.05, 3.63) is 62.0 Å². The van der Waals surface area contributed by atoms with Gasteiger partial charge in [0.2, 0.25) is 4.80 Å². The molecule has 0 N–H and O–H groups in total. The lowest BCUT2D eigenvalue weighted by Gasteiger charge is -2.02. The van der Waals surface area contributed by atoms with Gasteiger partial charge >= 0.3 is 0 Å². The zero-order valence-corrected chi connectivity index (χ0v) is 15.8. The number of benzene rings is 1. The number of hydrogen-bond acceptors (Lipinski definition) is 4. The number of thiazole rings is 1. The topological polar surface area (TPSA) is 42.8 Å². The Morgan fingerprint density at radius 1 is 1.22 bits per heavy atom. The molecule has 3 aromatic rings. The Balaban J connectivity index is 2.09. The van der Waals surface area contributed by atoms with Crippen molar-refractivity contribution in [3.8, 4) is 11.5 Å². The van der Waals surface area contributed by atoms with Crippen LogP contribution >= 0.6 is 33.9 Å². The molecule has 2 aromatic heterocycles. The molecule has 0 amide bonds. The van der Waals surface area contributed by atoms with E-state index in [4.69, 9.17) is 4.42 Å². The Morgan fingerprint density at radius 2 is 2.04 bits per heavy atom. The zero-order chi connectivity index (χ0) is 16.2. The van der Waals surface area contributed by atoms with E-state index in [0.717, 1.165) is 25.4 Å². The predicted octanol–water partition coefficient (Wildman–Crippen LogP) is 4.61. The molecule has 0 aliphatic carbocycles. The Kier molecular flexibility index (Phi) is 5.12. The van der Waals surface area contributed by atoms with Crippen molar-refractivity contribution in [2.75, 3.05) is 0 Å². The van der Waals surface area contributed by atoms with Gasteiger partial charge in [-0.2, -0.15) is 5.10 Å². The summed E-state index contributed by atoms with van der Waals surface area (Å²) in [6.45, 7) is 4.11. The van der Waals surface area contributed by atoms with E-state index in [1.807, 2.05) is 46.6 Å². The van der Waals surface area contributed by atoms with Gasteiger partial charge in [-0.3, -0.25) is 4.99 Å². The Morgan fingerprint density at radius 3 is 2.74 bits per heavy atom. The third-order valence-electron chi connectivity index (χ3n) is 3.05. The van der Waals surface area contributed by atoms with Crippen molar-refractivity contribution in [2.45, 2.75) is 19.9 Å². The van der Waals surface area contributed by atoms with Gasteiger partial charge in [-0.05, 0) is 54.6 Å². The van der Waals surface area contributed by atoms with Crippen molar-refractivity contribution in [1.82, 2.24) is 4.68 Å². The summed E-state index contributed by atoms with van der Waals surface area (Å²) in [5.74, 6) is 0.784. The van der Waals surface area contributed by atoms with Crippen molar-refractivity contribution >= 4 is 40.1 Å². The highest BCUT2D eigenvalue weighted by Crippen LogP contribution is 2.20. The van der Waals surface area contributed by atoms with Gasteiger partial charge in [0.25, 0.3) is 0 Å². The first-order chi connectivity index (χ1) is 11.1. The first kappa shape index (κ1) is 16.2. The molecule has 3 rings (SSSR count). The van der Waals surface area contributed by atoms with Crippen LogP contribution in [0.2, 0.25) is 0 Å². The van der Waals surface area contributed by atoms with Gasteiger partial charge in [-0.15, -0.1) is 11.3 Å². The van der Waals surface area contributed by atoms with E-state index < -0.39 is 0 Å². The van der Waals surface area contributed by atoms with Gasteiger partial charge < -0.3 is 4.42 Å². The van der Waals surface area contributed by atoms with Crippen molar-refractivity contribution in [3.63, 3.8) is 0 Å². The molecule has 0 bridgehead atoms. The minimum atomic E-state index is 0.205. The largest absolute Gasteiger partial charge is 0.463 e. The molecule has 0 radical (unpaired) electrons. The molecule has 0 aliphatic rings. The molecule has 0 saturated heterocycles. The summed E-state index contributed by atoms with van der Waals surface area (Å²) in [4.78, 5) is 5.50. The van der Waals surface area contributed by atoms with Gasteiger partial charge in [0.05, 0.1) is 12.5 Å². The monoisotopic (exact) mass is 437 g/mol. The first-order valence-corrected chi connectivity index (χ1v) is 9.18. The average Bonchev–Trinajstić information content (AvgIpc) is 3.15. The van der Waals surface area contributed by atoms with Crippen LogP contribution in [0.25, 0.3) is 11.5 Å². The highest BCUT2D eigenvalue weighted by atomic mass is 127. The minimum absolute atomic E-state index is 0.205. The summed E-state index contributed by atoms with van der Waals surface area (Å²) < 4.78 is 8.52. The number of nitrogens with zero attached hydrogens (tertiary/aromatic N) is 3. The average molecular weight is 437 g/mol. The van der Waals surface area contributed by atoms with E-state index in [2.05, 4.69) is 52.6 Å². The van der Waals surface area contributed by atoms with Crippen molar-refractivity contribution in [1.29, 1.82) is 0 Å². The number of hydrogen-bond donors (Lipinski definition) is 0. The molecule has 0 aliphatic heterocycles. The Hall–Kier alpha value is -1.67. The molecular weight excluding hydrogens is 421 g/mol. The predicted molar refractivity (Wildman–Crippen MR) is 103 cm³/mol. The lowest BCUT2D eigenvalue weighted by molar-refractivity contribution is 0.575. The smallest absolute Gasteiger partial charge is 0.206 e. The van der Waals surface area contributed by atoms with Gasteiger partial charge in [-0.1, -0.05) is 18.2 Å². The van der Waals surface area contributed by atoms with Crippen LogP contribution in [0.15, 0.2) is 62.6 Å². The maximum absolute atomic E-state index is 5.52. The summed E-state index contributed by atoms with van der Waals surface area (Å²) in [6, 6.07) is 12.1. The van der Waals surface area contributed by atoms with Crippen LogP contribution in [0.3, 0.4) is 0 Å². The standard InChI is InChI=1S/C17H16IN3OS/c1-12(2)20-17-21(15(11-23-17)16-8-5-9-22-16)19-10-13-6-3-4-7-14(13)18/h3-12H,1-2H3. The molecule has 118 valence electrons. The summed E-state index contributed by atoms with van der Waals surface area (Å²) in [5.41, 5.74) is 1.98. The van der Waals surface area contributed by atoms with Gasteiger partial charge in [-0.25, -0.2) is 4.68 Å². The lowest BCUT2D eigenvalue weighted by atomic mass is 10.2. The van der Waals surface area contributed by atoms with E-state index in [0.29, 0.717) is 0 Å². The fourth-order valence-electron chi connectivity index (χ4n) is 2.02. The SMILES string of the molecule is CC(C)N=c1scc(-c2ccco2)n1N=Cc1ccccc1I. The molecule has 0 unspecified atom stereocenters. The highest BCUT2D eigenvalue weighted by Gasteiger charge is 2.10. The first-order valence-electron chi connectivity index (χ1n) is 7.22. The van der Waals surface area contributed by atoms with E-state index in [1.54, 1.807) is 17.6 Å². The number of aromatic nitrogens is 1. The fraction of sp³-hybridized carbons (Fsp3) is 0.176. The normalized spacial score (nSPS) is 12.6. The Bertz CT molecular complexity index is 875. The molecule has 0 spiro atoms. The van der Waals surface area contributed by atoms with E-state index in [9.17, 15) is 0 Å². The van der Waals surface area contributed by atoms with Crippen molar-refractivity contribution in [2.24, 2.45) is 10.1 Å². The molecule has 4 nitrogen and oxygen atoms in total. The van der Waals surface area contributed by atoms with Gasteiger partial charge in [0.1, 0.15) is 5.69 Å².